The first-order chi connectivity index (χ1) is 16.4. The highest BCUT2D eigenvalue weighted by Gasteiger charge is 2.14. The molecule has 0 atom stereocenters. The predicted molar refractivity (Wildman–Crippen MR) is 140 cm³/mol. The third-order valence-corrected chi connectivity index (χ3v) is 5.86. The smallest absolute Gasteiger partial charge is 0.266 e. The van der Waals surface area contributed by atoms with Crippen LogP contribution < -0.4 is 10.1 Å². The number of nitrogens with zero attached hydrogens (tertiary/aromatic N) is 2. The fourth-order valence-corrected chi connectivity index (χ4v) is 4.24. The Hall–Kier alpha value is -3.65. The minimum Gasteiger partial charge on any atom is -0.487 e. The number of carbonyl (C=O) groups excluding carboxylic acids is 1. The van der Waals surface area contributed by atoms with Gasteiger partial charge < -0.3 is 10.1 Å². The summed E-state index contributed by atoms with van der Waals surface area (Å²) in [6, 6.07) is 22.2. The number of hydrogen-bond acceptors (Lipinski definition) is 4. The van der Waals surface area contributed by atoms with Crippen LogP contribution in [0.2, 0.25) is 0 Å². The number of anilines is 1. The molecule has 0 aromatic heterocycles. The minimum absolute atomic E-state index is 0.0342. The average molecular weight is 577 g/mol. The Kier molecular flexibility index (Phi) is 8.81. The third kappa shape index (κ3) is 6.45. The minimum atomic E-state index is -0.504. The molecule has 168 valence electrons. The number of nitriles is 2. The Bertz CT molecular complexity index is 1350. The van der Waals surface area contributed by atoms with Crippen LogP contribution in [0.5, 0.6) is 5.75 Å². The van der Waals surface area contributed by atoms with Crippen LogP contribution in [-0.2, 0) is 17.8 Å². The summed E-state index contributed by atoms with van der Waals surface area (Å²) >= 11 is 6.91. The Morgan fingerprint density at radius 2 is 1.85 bits per heavy atom. The van der Waals surface area contributed by atoms with Gasteiger partial charge in [0.15, 0.2) is 0 Å². The lowest BCUT2D eigenvalue weighted by Crippen LogP contribution is -2.13. The molecule has 0 aliphatic heterocycles. The van der Waals surface area contributed by atoms with E-state index < -0.39 is 5.91 Å². The van der Waals surface area contributed by atoms with Gasteiger partial charge in [-0.15, -0.1) is 6.58 Å². The molecular weight excluding hydrogens is 558 g/mol. The summed E-state index contributed by atoms with van der Waals surface area (Å²) in [6.07, 6.45) is 3.79. The van der Waals surface area contributed by atoms with Crippen molar-refractivity contribution in [3.8, 4) is 17.9 Å². The number of halogens is 2. The van der Waals surface area contributed by atoms with Crippen molar-refractivity contribution in [2.75, 3.05) is 5.32 Å². The number of rotatable bonds is 8. The van der Waals surface area contributed by atoms with Crippen molar-refractivity contribution in [1.82, 2.24) is 0 Å². The molecule has 3 aromatic carbocycles. The van der Waals surface area contributed by atoms with E-state index in [9.17, 15) is 15.3 Å². The van der Waals surface area contributed by atoms with Crippen molar-refractivity contribution in [1.29, 1.82) is 10.5 Å². The Morgan fingerprint density at radius 3 is 2.56 bits per heavy atom. The second-order valence-corrected chi connectivity index (χ2v) is 8.95. The lowest BCUT2D eigenvalue weighted by Gasteiger charge is -2.15. The van der Waals surface area contributed by atoms with Crippen LogP contribution in [0.4, 0.5) is 5.69 Å². The molecule has 0 aliphatic rings. The zero-order chi connectivity index (χ0) is 24.5. The molecule has 0 radical (unpaired) electrons. The SMILES string of the molecule is C=CCc1cc(/C=C(/C#N)C(=O)Nc2cccc(Br)c2)cc(Br)c1OCc1ccccc1C#N. The number of benzene rings is 3. The summed E-state index contributed by atoms with van der Waals surface area (Å²) in [6.45, 7) is 4.03. The van der Waals surface area contributed by atoms with Gasteiger partial charge in [-0.25, -0.2) is 0 Å². The fraction of sp³-hybridized carbons (Fsp3) is 0.0741. The highest BCUT2D eigenvalue weighted by molar-refractivity contribution is 9.10. The number of allylic oxidation sites excluding steroid dienone is 1. The van der Waals surface area contributed by atoms with Gasteiger partial charge in [0, 0.05) is 15.7 Å². The van der Waals surface area contributed by atoms with E-state index in [0.717, 1.165) is 15.6 Å². The van der Waals surface area contributed by atoms with Crippen LogP contribution in [-0.4, -0.2) is 5.91 Å². The predicted octanol–water partition coefficient (Wildman–Crippen LogP) is 6.94. The number of hydrogen-bond donors (Lipinski definition) is 1. The second-order valence-electron chi connectivity index (χ2n) is 7.18. The van der Waals surface area contributed by atoms with E-state index >= 15 is 0 Å². The van der Waals surface area contributed by atoms with Crippen molar-refractivity contribution in [2.45, 2.75) is 13.0 Å². The van der Waals surface area contributed by atoms with Crippen LogP contribution >= 0.6 is 31.9 Å². The Morgan fingerprint density at radius 1 is 1.06 bits per heavy atom. The highest BCUT2D eigenvalue weighted by Crippen LogP contribution is 2.33. The van der Waals surface area contributed by atoms with Crippen LogP contribution in [0, 0.1) is 22.7 Å². The van der Waals surface area contributed by atoms with E-state index in [1.807, 2.05) is 36.4 Å². The quantitative estimate of drug-likeness (QED) is 0.179. The summed E-state index contributed by atoms with van der Waals surface area (Å²) < 4.78 is 7.54. The van der Waals surface area contributed by atoms with E-state index in [-0.39, 0.29) is 12.2 Å². The van der Waals surface area contributed by atoms with Gasteiger partial charge in [-0.05, 0) is 76.0 Å². The maximum Gasteiger partial charge on any atom is 0.266 e. The van der Waals surface area contributed by atoms with Crippen molar-refractivity contribution >= 4 is 49.5 Å². The van der Waals surface area contributed by atoms with E-state index in [2.05, 4.69) is 49.8 Å². The average Bonchev–Trinajstić information content (AvgIpc) is 2.82. The van der Waals surface area contributed by atoms with Gasteiger partial charge in [0.1, 0.15) is 24.0 Å². The van der Waals surface area contributed by atoms with Gasteiger partial charge in [-0.1, -0.05) is 46.3 Å². The van der Waals surface area contributed by atoms with Crippen molar-refractivity contribution in [2.24, 2.45) is 0 Å². The van der Waals surface area contributed by atoms with E-state index in [1.165, 1.54) is 6.08 Å². The monoisotopic (exact) mass is 575 g/mol. The van der Waals surface area contributed by atoms with Gasteiger partial charge in [-0.3, -0.25) is 4.79 Å². The summed E-state index contributed by atoms with van der Waals surface area (Å²) in [4.78, 5) is 12.6. The molecular formula is C27H19Br2N3O2. The molecule has 0 spiro atoms. The molecule has 0 aliphatic carbocycles. The Balaban J connectivity index is 1.87. The number of nitrogens with one attached hydrogen (secondary N) is 1. The summed E-state index contributed by atoms with van der Waals surface area (Å²) in [5.41, 5.74) is 3.37. The molecule has 1 N–H and O–H groups in total. The van der Waals surface area contributed by atoms with E-state index in [1.54, 1.807) is 36.4 Å². The highest BCUT2D eigenvalue weighted by atomic mass is 79.9. The van der Waals surface area contributed by atoms with Crippen molar-refractivity contribution in [3.05, 3.63) is 110 Å². The van der Waals surface area contributed by atoms with Crippen LogP contribution in [0.3, 0.4) is 0 Å². The third-order valence-electron chi connectivity index (χ3n) is 4.78. The second kappa shape index (κ2) is 12.0. The molecule has 34 heavy (non-hydrogen) atoms. The summed E-state index contributed by atoms with van der Waals surface area (Å²) in [5, 5.41) is 21.6. The van der Waals surface area contributed by atoms with Gasteiger partial charge >= 0.3 is 0 Å². The lowest BCUT2D eigenvalue weighted by molar-refractivity contribution is -0.112. The summed E-state index contributed by atoms with van der Waals surface area (Å²) in [7, 11) is 0. The molecule has 1 amide bonds. The maximum absolute atomic E-state index is 12.6. The molecule has 3 rings (SSSR count). The van der Waals surface area contributed by atoms with Gasteiger partial charge in [0.2, 0.25) is 0 Å². The molecule has 0 bridgehead atoms. The first-order valence-corrected chi connectivity index (χ1v) is 11.8. The normalized spacial score (nSPS) is 10.6. The van der Waals surface area contributed by atoms with Crippen molar-refractivity contribution < 1.29 is 9.53 Å². The molecule has 3 aromatic rings. The zero-order valence-electron chi connectivity index (χ0n) is 18.0. The van der Waals surface area contributed by atoms with E-state index in [4.69, 9.17) is 4.74 Å². The van der Waals surface area contributed by atoms with Crippen LogP contribution in [0.1, 0.15) is 22.3 Å². The van der Waals surface area contributed by atoms with Crippen LogP contribution in [0.25, 0.3) is 6.08 Å². The largest absolute Gasteiger partial charge is 0.487 e. The molecule has 0 fully saturated rings. The first kappa shape index (κ1) is 25.0. The fourth-order valence-electron chi connectivity index (χ4n) is 3.21. The van der Waals surface area contributed by atoms with Crippen molar-refractivity contribution in [3.63, 3.8) is 0 Å². The topological polar surface area (TPSA) is 85.9 Å². The molecule has 0 unspecified atom stereocenters. The number of carbonyl (C=O) groups is 1. The van der Waals surface area contributed by atoms with E-state index in [0.29, 0.717) is 33.5 Å². The lowest BCUT2D eigenvalue weighted by atomic mass is 10.0. The molecule has 0 saturated carbocycles. The van der Waals surface area contributed by atoms with Gasteiger partial charge in [0.25, 0.3) is 5.91 Å². The molecule has 5 nitrogen and oxygen atoms in total. The Labute approximate surface area is 215 Å². The number of ether oxygens (including phenoxy) is 1. The van der Waals surface area contributed by atoms with Gasteiger partial charge in [-0.2, -0.15) is 10.5 Å². The molecule has 0 heterocycles. The number of amides is 1. The zero-order valence-corrected chi connectivity index (χ0v) is 21.2. The van der Waals surface area contributed by atoms with Gasteiger partial charge in [0.05, 0.1) is 16.1 Å². The van der Waals surface area contributed by atoms with Crippen LogP contribution in [0.15, 0.2) is 87.8 Å². The summed E-state index contributed by atoms with van der Waals surface area (Å²) in [5.74, 6) is 0.109. The first-order valence-electron chi connectivity index (χ1n) is 10.2. The molecule has 0 saturated heterocycles. The standard InChI is InChI=1S/C27H19Br2N3O2/c1-2-6-19-11-18(12-22(16-31)27(33)32-24-10-5-9-23(28)14-24)13-25(29)26(19)34-17-21-8-4-3-7-20(21)15-30/h2-5,7-14H,1,6,17H2,(H,32,33)/b22-12-. The molecule has 7 heteroatoms. The maximum atomic E-state index is 12.6.